The third kappa shape index (κ3) is 2.91. The van der Waals surface area contributed by atoms with E-state index in [0.717, 1.165) is 0 Å². The van der Waals surface area contributed by atoms with Gasteiger partial charge in [-0.25, -0.2) is 0 Å². The lowest BCUT2D eigenvalue weighted by Gasteiger charge is -2.03. The van der Waals surface area contributed by atoms with Gasteiger partial charge in [0.2, 0.25) is 0 Å². The van der Waals surface area contributed by atoms with E-state index in [1.807, 2.05) is 6.92 Å². The van der Waals surface area contributed by atoms with Crippen molar-refractivity contribution in [3.05, 3.63) is 34.1 Å². The van der Waals surface area contributed by atoms with Crippen LogP contribution in [0.25, 0.3) is 11.5 Å². The smallest absolute Gasteiger partial charge is 0.292 e. The summed E-state index contributed by atoms with van der Waals surface area (Å²) in [6.07, 6.45) is 0.457. The van der Waals surface area contributed by atoms with Crippen LogP contribution < -0.4 is 5.73 Å². The fourth-order valence-corrected chi connectivity index (χ4v) is 1.63. The van der Waals surface area contributed by atoms with E-state index >= 15 is 0 Å². The Labute approximate surface area is 114 Å². The molecule has 1 aromatic heterocycles. The zero-order chi connectivity index (χ0) is 14.7. The van der Waals surface area contributed by atoms with Crippen molar-refractivity contribution < 1.29 is 14.2 Å². The molecular formula is C12H14N4O4. The summed E-state index contributed by atoms with van der Waals surface area (Å²) in [6.45, 7) is 1.88. The first-order valence-corrected chi connectivity index (χ1v) is 5.91. The first-order chi connectivity index (χ1) is 9.51. The van der Waals surface area contributed by atoms with Crippen molar-refractivity contribution >= 4 is 11.4 Å². The van der Waals surface area contributed by atoms with Crippen molar-refractivity contribution in [2.24, 2.45) is 0 Å². The van der Waals surface area contributed by atoms with E-state index in [9.17, 15) is 10.1 Å². The molecule has 0 amide bonds. The number of nitrogen functional groups attached to an aromatic ring is 1. The lowest BCUT2D eigenvalue weighted by Crippen LogP contribution is -2.09. The molecule has 2 rings (SSSR count). The number of ether oxygens (including phenoxy) is 1. The molecule has 0 bridgehead atoms. The van der Waals surface area contributed by atoms with Crippen LogP contribution in [-0.2, 0) is 11.2 Å². The van der Waals surface area contributed by atoms with E-state index < -0.39 is 4.92 Å². The number of nitro groups is 1. The molecule has 0 radical (unpaired) electrons. The molecule has 0 aliphatic heterocycles. The summed E-state index contributed by atoms with van der Waals surface area (Å²) >= 11 is 0. The molecule has 0 aliphatic rings. The monoisotopic (exact) mass is 278 g/mol. The molecule has 0 spiro atoms. The quantitative estimate of drug-likeness (QED) is 0.503. The van der Waals surface area contributed by atoms with Gasteiger partial charge in [-0.15, -0.1) is 0 Å². The Balaban J connectivity index is 2.28. The van der Waals surface area contributed by atoms with Gasteiger partial charge in [0.15, 0.2) is 5.82 Å². The maximum atomic E-state index is 10.8. The van der Waals surface area contributed by atoms with Crippen LogP contribution in [0.1, 0.15) is 12.7 Å². The minimum atomic E-state index is -0.552. The number of benzene rings is 1. The Morgan fingerprint density at radius 3 is 2.95 bits per heavy atom. The minimum Gasteiger partial charge on any atom is -0.393 e. The fourth-order valence-electron chi connectivity index (χ4n) is 1.63. The van der Waals surface area contributed by atoms with Crippen LogP contribution in [0.2, 0.25) is 0 Å². The van der Waals surface area contributed by atoms with Gasteiger partial charge >= 0.3 is 0 Å². The predicted molar refractivity (Wildman–Crippen MR) is 71.0 cm³/mol. The van der Waals surface area contributed by atoms with Crippen LogP contribution in [-0.4, -0.2) is 28.3 Å². The number of nitro benzene ring substituents is 1. The Bertz CT molecular complexity index is 626. The van der Waals surface area contributed by atoms with Gasteiger partial charge < -0.3 is 15.0 Å². The minimum absolute atomic E-state index is 0.0406. The SMILES string of the molecule is COC(C)Cc1noc(-c2ccc(N)c([N+](=O)[O-])c2)n1. The van der Waals surface area contributed by atoms with Gasteiger partial charge in [0.05, 0.1) is 11.0 Å². The van der Waals surface area contributed by atoms with Crippen LogP contribution >= 0.6 is 0 Å². The first kappa shape index (κ1) is 13.9. The number of aromatic nitrogens is 2. The van der Waals surface area contributed by atoms with Crippen molar-refractivity contribution in [1.29, 1.82) is 0 Å². The summed E-state index contributed by atoms with van der Waals surface area (Å²) in [7, 11) is 1.59. The summed E-state index contributed by atoms with van der Waals surface area (Å²) in [4.78, 5) is 14.5. The molecule has 0 aliphatic carbocycles. The summed E-state index contributed by atoms with van der Waals surface area (Å²) < 4.78 is 10.2. The molecule has 0 saturated heterocycles. The molecule has 0 fully saturated rings. The van der Waals surface area contributed by atoms with Gasteiger partial charge in [0, 0.05) is 25.2 Å². The first-order valence-electron chi connectivity index (χ1n) is 5.91. The van der Waals surface area contributed by atoms with E-state index in [2.05, 4.69) is 10.1 Å². The van der Waals surface area contributed by atoms with Gasteiger partial charge in [-0.2, -0.15) is 4.98 Å². The van der Waals surface area contributed by atoms with Crippen molar-refractivity contribution in [3.63, 3.8) is 0 Å². The van der Waals surface area contributed by atoms with Crippen LogP contribution in [0.4, 0.5) is 11.4 Å². The van der Waals surface area contributed by atoms with Crippen molar-refractivity contribution in [1.82, 2.24) is 10.1 Å². The molecular weight excluding hydrogens is 264 g/mol. The molecule has 1 unspecified atom stereocenters. The van der Waals surface area contributed by atoms with Crippen molar-refractivity contribution in [2.75, 3.05) is 12.8 Å². The van der Waals surface area contributed by atoms with E-state index in [1.54, 1.807) is 13.2 Å². The van der Waals surface area contributed by atoms with Crippen LogP contribution in [0.15, 0.2) is 22.7 Å². The normalized spacial score (nSPS) is 12.3. The summed E-state index contributed by atoms with van der Waals surface area (Å²) in [5.41, 5.74) is 5.89. The third-order valence-electron chi connectivity index (χ3n) is 2.81. The second-order valence-corrected chi connectivity index (χ2v) is 4.30. The molecule has 0 saturated carbocycles. The van der Waals surface area contributed by atoms with Gasteiger partial charge in [0.1, 0.15) is 5.69 Å². The van der Waals surface area contributed by atoms with Gasteiger partial charge in [-0.05, 0) is 19.1 Å². The zero-order valence-electron chi connectivity index (χ0n) is 11.1. The Hall–Kier alpha value is -2.48. The molecule has 2 N–H and O–H groups in total. The highest BCUT2D eigenvalue weighted by Gasteiger charge is 2.17. The maximum Gasteiger partial charge on any atom is 0.292 e. The molecule has 1 atom stereocenters. The summed E-state index contributed by atoms with van der Waals surface area (Å²) in [5, 5.41) is 14.6. The number of methoxy groups -OCH3 is 1. The molecule has 106 valence electrons. The van der Waals surface area contributed by atoms with E-state index in [4.69, 9.17) is 15.0 Å². The second kappa shape index (κ2) is 5.66. The highest BCUT2D eigenvalue weighted by atomic mass is 16.6. The molecule has 20 heavy (non-hydrogen) atoms. The largest absolute Gasteiger partial charge is 0.393 e. The zero-order valence-corrected chi connectivity index (χ0v) is 11.1. The highest BCUT2D eigenvalue weighted by molar-refractivity contribution is 5.67. The standard InChI is InChI=1S/C12H14N4O4/c1-7(19-2)5-11-14-12(20-15-11)8-3-4-9(13)10(6-8)16(17)18/h3-4,6-7H,5,13H2,1-2H3. The van der Waals surface area contributed by atoms with E-state index in [0.29, 0.717) is 17.8 Å². The second-order valence-electron chi connectivity index (χ2n) is 4.30. The number of rotatable bonds is 5. The lowest BCUT2D eigenvalue weighted by atomic mass is 10.1. The fraction of sp³-hybridized carbons (Fsp3) is 0.333. The van der Waals surface area contributed by atoms with Crippen LogP contribution in [0.3, 0.4) is 0 Å². The molecule has 8 heteroatoms. The molecule has 1 heterocycles. The summed E-state index contributed by atoms with van der Waals surface area (Å²) in [5.74, 6) is 0.695. The van der Waals surface area contributed by atoms with Crippen LogP contribution in [0.5, 0.6) is 0 Å². The third-order valence-corrected chi connectivity index (χ3v) is 2.81. The van der Waals surface area contributed by atoms with Gasteiger partial charge in [-0.3, -0.25) is 10.1 Å². The van der Waals surface area contributed by atoms with Gasteiger partial charge in [0.25, 0.3) is 11.6 Å². The molecule has 8 nitrogen and oxygen atoms in total. The van der Waals surface area contributed by atoms with Crippen LogP contribution in [0, 0.1) is 10.1 Å². The van der Waals surface area contributed by atoms with Crippen molar-refractivity contribution in [2.45, 2.75) is 19.4 Å². The Morgan fingerprint density at radius 1 is 1.55 bits per heavy atom. The highest BCUT2D eigenvalue weighted by Crippen LogP contribution is 2.27. The number of hydrogen-bond donors (Lipinski definition) is 1. The number of anilines is 1. The van der Waals surface area contributed by atoms with Crippen molar-refractivity contribution in [3.8, 4) is 11.5 Å². The average molecular weight is 278 g/mol. The molecule has 2 aromatic rings. The lowest BCUT2D eigenvalue weighted by molar-refractivity contribution is -0.383. The number of hydrogen-bond acceptors (Lipinski definition) is 7. The molecule has 1 aromatic carbocycles. The van der Waals surface area contributed by atoms with E-state index in [1.165, 1.54) is 12.1 Å². The topological polar surface area (TPSA) is 117 Å². The Morgan fingerprint density at radius 2 is 2.30 bits per heavy atom. The predicted octanol–water partition coefficient (Wildman–Crippen LogP) is 1.80. The van der Waals surface area contributed by atoms with Gasteiger partial charge in [-0.1, -0.05) is 5.16 Å². The maximum absolute atomic E-state index is 10.8. The Kier molecular flexibility index (Phi) is 3.94. The van der Waals surface area contributed by atoms with E-state index in [-0.39, 0.29) is 23.4 Å². The number of nitrogens with two attached hydrogens (primary N) is 1. The average Bonchev–Trinajstić information content (AvgIpc) is 2.87. The number of nitrogens with zero attached hydrogens (tertiary/aromatic N) is 3. The summed E-state index contributed by atoms with van der Waals surface area (Å²) in [6, 6.07) is 4.35.